The molecule has 1 fully saturated rings. The number of rotatable bonds is 6. The largest absolute Gasteiger partial charge is 0.484 e. The Labute approximate surface area is 206 Å². The van der Waals surface area contributed by atoms with Gasteiger partial charge in [-0.15, -0.1) is 0 Å². The van der Waals surface area contributed by atoms with E-state index < -0.39 is 0 Å². The predicted molar refractivity (Wildman–Crippen MR) is 127 cm³/mol. The van der Waals surface area contributed by atoms with Crippen molar-refractivity contribution in [3.05, 3.63) is 85.7 Å². The lowest BCUT2D eigenvalue weighted by molar-refractivity contribution is 0.0594. The average Bonchev–Trinajstić information content (AvgIpc) is 3.25. The van der Waals surface area contributed by atoms with Crippen molar-refractivity contribution in [1.82, 2.24) is 9.80 Å². The number of amides is 1. The van der Waals surface area contributed by atoms with Crippen LogP contribution < -0.4 is 4.74 Å². The molecule has 1 aromatic heterocycles. The topological polar surface area (TPSA) is 45.9 Å². The molecule has 3 aromatic rings. The third-order valence-corrected chi connectivity index (χ3v) is 6.48. The summed E-state index contributed by atoms with van der Waals surface area (Å²) in [5.74, 6) is 1.17. The summed E-state index contributed by atoms with van der Waals surface area (Å²) in [5, 5.41) is 2.25. The zero-order valence-corrected chi connectivity index (χ0v) is 20.0. The Bertz CT molecular complexity index is 1090. The van der Waals surface area contributed by atoms with Crippen LogP contribution >= 0.6 is 46.4 Å². The van der Waals surface area contributed by atoms with E-state index in [1.165, 1.54) is 0 Å². The van der Waals surface area contributed by atoms with Crippen LogP contribution in [0.4, 0.5) is 0 Å². The van der Waals surface area contributed by atoms with Crippen molar-refractivity contribution in [2.24, 2.45) is 0 Å². The highest BCUT2D eigenvalue weighted by molar-refractivity contribution is 6.36. The van der Waals surface area contributed by atoms with Gasteiger partial charge in [-0.3, -0.25) is 9.69 Å². The molecule has 4 rings (SSSR count). The summed E-state index contributed by atoms with van der Waals surface area (Å²) in [4.78, 5) is 16.9. The summed E-state index contributed by atoms with van der Waals surface area (Å²) < 4.78 is 11.4. The van der Waals surface area contributed by atoms with E-state index in [9.17, 15) is 4.79 Å². The minimum Gasteiger partial charge on any atom is -0.484 e. The van der Waals surface area contributed by atoms with Gasteiger partial charge in [-0.05, 0) is 42.5 Å². The number of nitrogens with zero attached hydrogens (tertiary/aromatic N) is 2. The summed E-state index contributed by atoms with van der Waals surface area (Å²) >= 11 is 24.6. The van der Waals surface area contributed by atoms with Gasteiger partial charge >= 0.3 is 0 Å². The second-order valence-corrected chi connectivity index (χ2v) is 9.06. The van der Waals surface area contributed by atoms with Crippen LogP contribution in [0.3, 0.4) is 0 Å². The number of ether oxygens (including phenoxy) is 1. The minimum atomic E-state index is -0.142. The molecule has 1 aliphatic rings. The molecule has 0 radical (unpaired) electrons. The van der Waals surface area contributed by atoms with Gasteiger partial charge in [0.1, 0.15) is 18.1 Å². The van der Waals surface area contributed by atoms with Crippen LogP contribution in [-0.4, -0.2) is 41.9 Å². The number of carbonyl (C=O) groups excluding carboxylic acids is 1. The molecule has 0 saturated carbocycles. The summed E-state index contributed by atoms with van der Waals surface area (Å²) in [6.07, 6.45) is 0. The van der Waals surface area contributed by atoms with E-state index in [1.807, 2.05) is 18.2 Å². The zero-order valence-electron chi connectivity index (χ0n) is 17.0. The second-order valence-electron chi connectivity index (χ2n) is 7.40. The number of halogens is 4. The molecule has 0 bridgehead atoms. The fourth-order valence-electron chi connectivity index (χ4n) is 3.48. The lowest BCUT2D eigenvalue weighted by atomic mass is 10.2. The van der Waals surface area contributed by atoms with Gasteiger partial charge in [0.25, 0.3) is 5.91 Å². The Kier molecular flexibility index (Phi) is 7.54. The number of carbonyl (C=O) groups is 1. The smallest absolute Gasteiger partial charge is 0.289 e. The number of piperazine rings is 1. The van der Waals surface area contributed by atoms with Gasteiger partial charge in [0.15, 0.2) is 5.76 Å². The lowest BCUT2D eigenvalue weighted by Crippen LogP contribution is -2.48. The van der Waals surface area contributed by atoms with E-state index in [4.69, 9.17) is 55.6 Å². The Morgan fingerprint density at radius 3 is 2.31 bits per heavy atom. The molecular weight excluding hydrogens is 494 g/mol. The van der Waals surface area contributed by atoms with Gasteiger partial charge < -0.3 is 14.1 Å². The molecule has 5 nitrogen and oxygen atoms in total. The van der Waals surface area contributed by atoms with Crippen molar-refractivity contribution in [2.75, 3.05) is 26.2 Å². The van der Waals surface area contributed by atoms with Crippen LogP contribution in [0.5, 0.6) is 5.75 Å². The highest BCUT2D eigenvalue weighted by Crippen LogP contribution is 2.29. The van der Waals surface area contributed by atoms with Crippen molar-refractivity contribution in [2.45, 2.75) is 13.2 Å². The lowest BCUT2D eigenvalue weighted by Gasteiger charge is -2.34. The minimum absolute atomic E-state index is 0.142. The molecule has 32 heavy (non-hydrogen) atoms. The summed E-state index contributed by atoms with van der Waals surface area (Å²) in [5.41, 5.74) is 0.909. The normalized spacial score (nSPS) is 14.6. The van der Waals surface area contributed by atoms with E-state index in [2.05, 4.69) is 4.90 Å². The third kappa shape index (κ3) is 5.53. The van der Waals surface area contributed by atoms with Crippen LogP contribution in [-0.2, 0) is 13.2 Å². The maximum Gasteiger partial charge on any atom is 0.289 e. The number of hydrogen-bond acceptors (Lipinski definition) is 4. The van der Waals surface area contributed by atoms with Crippen molar-refractivity contribution in [3.8, 4) is 5.75 Å². The third-order valence-electron chi connectivity index (χ3n) is 5.24. The molecule has 2 heterocycles. The molecule has 2 aromatic carbocycles. The van der Waals surface area contributed by atoms with Gasteiger partial charge in [0, 0.05) is 53.4 Å². The van der Waals surface area contributed by atoms with E-state index in [0.717, 1.165) is 18.7 Å². The van der Waals surface area contributed by atoms with Crippen LogP contribution in [0.1, 0.15) is 21.9 Å². The van der Waals surface area contributed by atoms with E-state index in [-0.39, 0.29) is 18.3 Å². The van der Waals surface area contributed by atoms with Crippen LogP contribution in [0.15, 0.2) is 52.9 Å². The Morgan fingerprint density at radius 2 is 1.62 bits per heavy atom. The first-order valence-electron chi connectivity index (χ1n) is 10.0. The van der Waals surface area contributed by atoms with Crippen LogP contribution in [0.25, 0.3) is 0 Å². The molecule has 168 valence electrons. The Morgan fingerprint density at radius 1 is 0.906 bits per heavy atom. The Balaban J connectivity index is 1.30. The number of benzene rings is 2. The first-order valence-corrected chi connectivity index (χ1v) is 11.5. The quantitative estimate of drug-likeness (QED) is 0.381. The summed E-state index contributed by atoms with van der Waals surface area (Å²) in [6.45, 7) is 3.43. The molecule has 0 N–H and O–H groups in total. The number of furan rings is 1. The monoisotopic (exact) mass is 512 g/mol. The predicted octanol–water partition coefficient (Wildman–Crippen LogP) is 6.43. The maximum absolute atomic E-state index is 12.8. The second kappa shape index (κ2) is 10.4. The first-order chi connectivity index (χ1) is 15.4. The molecule has 1 saturated heterocycles. The molecule has 1 amide bonds. The fourth-order valence-corrected chi connectivity index (χ4v) is 4.46. The van der Waals surface area contributed by atoms with Crippen molar-refractivity contribution in [1.29, 1.82) is 0 Å². The van der Waals surface area contributed by atoms with Gasteiger partial charge in [-0.2, -0.15) is 0 Å². The molecule has 0 atom stereocenters. The van der Waals surface area contributed by atoms with E-state index >= 15 is 0 Å². The highest BCUT2D eigenvalue weighted by atomic mass is 35.5. The van der Waals surface area contributed by atoms with E-state index in [0.29, 0.717) is 51.2 Å². The highest BCUT2D eigenvalue weighted by Gasteiger charge is 2.25. The average molecular weight is 514 g/mol. The van der Waals surface area contributed by atoms with E-state index in [1.54, 1.807) is 35.2 Å². The summed E-state index contributed by atoms with van der Waals surface area (Å²) in [7, 11) is 0. The van der Waals surface area contributed by atoms with Crippen LogP contribution in [0.2, 0.25) is 20.1 Å². The maximum atomic E-state index is 12.8. The standard InChI is InChI=1S/C23H20Cl4N2O3/c24-15-4-6-21(20(27)12-15)31-14-16-5-7-22(32-16)23(30)29-10-8-28(9-11-29)13-17-18(25)2-1-3-19(17)26/h1-7,12H,8-11,13-14H2. The van der Waals surface area contributed by atoms with Gasteiger partial charge in [-0.1, -0.05) is 52.5 Å². The molecule has 0 aliphatic carbocycles. The molecule has 0 unspecified atom stereocenters. The zero-order chi connectivity index (χ0) is 22.7. The van der Waals surface area contributed by atoms with Crippen molar-refractivity contribution >= 4 is 52.3 Å². The number of hydrogen-bond donors (Lipinski definition) is 0. The molecule has 0 spiro atoms. The fraction of sp³-hybridized carbons (Fsp3) is 0.261. The summed E-state index contributed by atoms with van der Waals surface area (Å²) in [6, 6.07) is 13.9. The molecule has 9 heteroatoms. The SMILES string of the molecule is O=C(c1ccc(COc2ccc(Cl)cc2Cl)o1)N1CCN(Cc2c(Cl)cccc2Cl)CC1. The molecular formula is C23H20Cl4N2O3. The van der Waals surface area contributed by atoms with Gasteiger partial charge in [0.2, 0.25) is 0 Å². The first kappa shape index (κ1) is 23.3. The van der Waals surface area contributed by atoms with Gasteiger partial charge in [-0.25, -0.2) is 0 Å². The van der Waals surface area contributed by atoms with Crippen LogP contribution in [0, 0.1) is 0 Å². The Hall–Kier alpha value is -1.89. The van der Waals surface area contributed by atoms with Crippen molar-refractivity contribution in [3.63, 3.8) is 0 Å². The molecule has 1 aliphatic heterocycles. The van der Waals surface area contributed by atoms with Gasteiger partial charge in [0.05, 0.1) is 5.02 Å². The van der Waals surface area contributed by atoms with Crippen molar-refractivity contribution < 1.29 is 13.9 Å².